The SMILES string of the molecule is CO[N+](=O)c1ccc(S(C)(=O)=NC(=O)NC2CCCC2)c(OCCCCNc2nc(Cl)ncc2Br)c1. The number of urea groups is 1. The topological polar surface area (TPSA) is 135 Å². The van der Waals surface area contributed by atoms with Gasteiger partial charge in [0.25, 0.3) is 4.92 Å². The number of carbonyl (C=O) groups excluding carboxylic acids is 1. The first kappa shape index (κ1) is 28.1. The molecule has 0 aliphatic heterocycles. The lowest BCUT2D eigenvalue weighted by atomic mass is 10.3. The highest BCUT2D eigenvalue weighted by atomic mass is 79.9. The lowest BCUT2D eigenvalue weighted by molar-refractivity contribution is -0.736. The van der Waals surface area contributed by atoms with Gasteiger partial charge >= 0.3 is 11.7 Å². The van der Waals surface area contributed by atoms with Crippen LogP contribution >= 0.6 is 27.5 Å². The first-order valence-corrected chi connectivity index (χ1v) is 14.5. The van der Waals surface area contributed by atoms with Gasteiger partial charge in [-0.05, 0) is 59.3 Å². The Morgan fingerprint density at radius 2 is 2.08 bits per heavy atom. The Kier molecular flexibility index (Phi) is 10.3. The van der Waals surface area contributed by atoms with E-state index >= 15 is 0 Å². The van der Waals surface area contributed by atoms with E-state index in [2.05, 4.69) is 40.9 Å². The Balaban J connectivity index is 1.66. The highest BCUT2D eigenvalue weighted by Gasteiger charge is 2.23. The molecular weight excluding hydrogens is 576 g/mol. The summed E-state index contributed by atoms with van der Waals surface area (Å²) in [5, 5.41) is 6.13. The van der Waals surface area contributed by atoms with Crippen LogP contribution in [0.2, 0.25) is 5.28 Å². The summed E-state index contributed by atoms with van der Waals surface area (Å²) in [5.74, 6) is 0.790. The van der Waals surface area contributed by atoms with Gasteiger partial charge in [0.2, 0.25) is 5.28 Å². The quantitative estimate of drug-likeness (QED) is 0.202. The van der Waals surface area contributed by atoms with Crippen molar-refractivity contribution >= 4 is 54.8 Å². The number of anilines is 1. The molecular formula is C22H29BrClN6O5S+. The molecule has 11 nitrogen and oxygen atoms in total. The number of rotatable bonds is 11. The Bertz CT molecular complexity index is 1220. The van der Waals surface area contributed by atoms with Gasteiger partial charge in [0.1, 0.15) is 11.6 Å². The van der Waals surface area contributed by atoms with E-state index in [1.165, 1.54) is 31.6 Å². The number of unbranched alkanes of at least 4 members (excludes halogenated alkanes) is 1. The average molecular weight is 605 g/mol. The lowest BCUT2D eigenvalue weighted by Gasteiger charge is -2.14. The van der Waals surface area contributed by atoms with Crippen molar-refractivity contribution in [3.8, 4) is 5.75 Å². The van der Waals surface area contributed by atoms with Crippen LogP contribution in [-0.4, -0.2) is 57.7 Å². The number of ether oxygens (including phenoxy) is 1. The van der Waals surface area contributed by atoms with Gasteiger partial charge in [-0.15, -0.1) is 4.36 Å². The highest BCUT2D eigenvalue weighted by molar-refractivity contribution is 9.10. The maximum Gasteiger partial charge on any atom is 0.349 e. The van der Waals surface area contributed by atoms with Crippen molar-refractivity contribution in [1.29, 1.82) is 0 Å². The minimum Gasteiger partial charge on any atom is -0.492 e. The molecule has 1 aliphatic carbocycles. The van der Waals surface area contributed by atoms with Gasteiger partial charge in [-0.1, -0.05) is 12.8 Å². The van der Waals surface area contributed by atoms with Gasteiger partial charge in [-0.25, -0.2) is 18.8 Å². The largest absolute Gasteiger partial charge is 0.492 e. The van der Waals surface area contributed by atoms with Crippen LogP contribution in [0.3, 0.4) is 0 Å². The molecule has 0 bridgehead atoms. The standard InChI is InChI=1S/C22H28BrClN6O5S/c1-34-30(32)16-9-10-19(36(2,33)29-22(31)27-15-7-3-4-8-15)18(13-16)35-12-6-5-11-25-20-17(23)14-26-21(24)28-20/h9-10,13-15H,3-8,11-12H2,1-2H3,(H-,25,26,27,28,31)/p+1. The number of nitrogens with one attached hydrogen (secondary N) is 2. The van der Waals surface area contributed by atoms with Gasteiger partial charge in [0, 0.05) is 31.1 Å². The predicted octanol–water partition coefficient (Wildman–Crippen LogP) is 5.24. The van der Waals surface area contributed by atoms with Gasteiger partial charge in [0.15, 0.2) is 7.11 Å². The Hall–Kier alpha value is -2.51. The van der Waals surface area contributed by atoms with Crippen molar-refractivity contribution in [2.45, 2.75) is 49.5 Å². The Morgan fingerprint density at radius 1 is 1.33 bits per heavy atom. The predicted molar refractivity (Wildman–Crippen MR) is 140 cm³/mol. The zero-order valence-electron chi connectivity index (χ0n) is 20.0. The van der Waals surface area contributed by atoms with E-state index in [-0.39, 0.29) is 34.3 Å². The fraction of sp³-hybridized carbons (Fsp3) is 0.500. The van der Waals surface area contributed by atoms with E-state index in [9.17, 15) is 13.9 Å². The van der Waals surface area contributed by atoms with Crippen molar-refractivity contribution in [1.82, 2.24) is 15.3 Å². The fourth-order valence-electron chi connectivity index (χ4n) is 3.71. The smallest absolute Gasteiger partial charge is 0.349 e. The molecule has 1 aromatic heterocycles. The van der Waals surface area contributed by atoms with Crippen LogP contribution in [0.15, 0.2) is 38.1 Å². The summed E-state index contributed by atoms with van der Waals surface area (Å²) >= 11 is 9.18. The minimum absolute atomic E-state index is 0.0536. The van der Waals surface area contributed by atoms with Gasteiger partial charge in [0.05, 0.1) is 36.7 Å². The number of hydrogen-bond donors (Lipinski definition) is 2. The number of carbonyl (C=O) groups is 1. The number of halogens is 2. The molecule has 2 N–H and O–H groups in total. The number of amides is 2. The molecule has 1 unspecified atom stereocenters. The number of nitrogens with zero attached hydrogens (tertiary/aromatic N) is 4. The molecule has 1 saturated carbocycles. The molecule has 0 spiro atoms. The van der Waals surface area contributed by atoms with Crippen molar-refractivity contribution in [2.24, 2.45) is 4.36 Å². The fourth-order valence-corrected chi connectivity index (χ4v) is 5.45. The molecule has 3 rings (SSSR count). The average Bonchev–Trinajstić information content (AvgIpc) is 3.35. The second-order valence-electron chi connectivity index (χ2n) is 8.21. The Morgan fingerprint density at radius 3 is 2.81 bits per heavy atom. The monoisotopic (exact) mass is 603 g/mol. The van der Waals surface area contributed by atoms with Crippen molar-refractivity contribution in [3.05, 3.63) is 39.1 Å². The summed E-state index contributed by atoms with van der Waals surface area (Å²) < 4.78 is 24.0. The van der Waals surface area contributed by atoms with E-state index in [1.807, 2.05) is 0 Å². The third-order valence-electron chi connectivity index (χ3n) is 5.49. The van der Waals surface area contributed by atoms with E-state index in [0.29, 0.717) is 28.2 Å². The molecule has 14 heteroatoms. The number of hydrogen-bond acceptors (Lipinski definition) is 8. The maximum atomic E-state index is 13.4. The first-order valence-electron chi connectivity index (χ1n) is 11.4. The van der Waals surface area contributed by atoms with Crippen LogP contribution in [-0.2, 0) is 14.6 Å². The zero-order valence-corrected chi connectivity index (χ0v) is 23.2. The minimum atomic E-state index is -3.14. The van der Waals surface area contributed by atoms with E-state index in [4.69, 9.17) is 21.2 Å². The van der Waals surface area contributed by atoms with Gasteiger partial charge in [-0.3, -0.25) is 0 Å². The molecule has 1 fully saturated rings. The molecule has 1 aliphatic rings. The van der Waals surface area contributed by atoms with Crippen LogP contribution in [0.1, 0.15) is 38.5 Å². The highest BCUT2D eigenvalue weighted by Crippen LogP contribution is 2.30. The van der Waals surface area contributed by atoms with Crippen molar-refractivity contribution in [2.75, 3.05) is 31.8 Å². The summed E-state index contributed by atoms with van der Waals surface area (Å²) in [6, 6.07) is 3.78. The molecule has 0 saturated heterocycles. The molecule has 2 aromatic rings. The molecule has 1 heterocycles. The van der Waals surface area contributed by atoms with Crippen LogP contribution in [0.4, 0.5) is 16.3 Å². The maximum absolute atomic E-state index is 13.4. The second-order valence-corrected chi connectivity index (χ2v) is 11.6. The normalized spacial score (nSPS) is 15.1. The number of benzene rings is 1. The molecule has 1 atom stereocenters. The summed E-state index contributed by atoms with van der Waals surface area (Å²) in [7, 11) is -1.90. The molecule has 0 radical (unpaired) electrons. The van der Waals surface area contributed by atoms with E-state index in [0.717, 1.165) is 32.1 Å². The molecule has 2 amide bonds. The summed E-state index contributed by atoms with van der Waals surface area (Å²) in [4.78, 5) is 37.6. The summed E-state index contributed by atoms with van der Waals surface area (Å²) in [6.45, 7) is 0.876. The third-order valence-corrected chi connectivity index (χ3v) is 7.92. The third kappa shape index (κ3) is 8.00. The van der Waals surface area contributed by atoms with Crippen LogP contribution in [0.25, 0.3) is 0 Å². The Labute approximate surface area is 223 Å². The van der Waals surface area contributed by atoms with Crippen LogP contribution < -0.4 is 15.4 Å². The summed E-state index contributed by atoms with van der Waals surface area (Å²) in [5.41, 5.74) is 0.161. The van der Waals surface area contributed by atoms with Crippen molar-refractivity contribution in [3.63, 3.8) is 0 Å². The summed E-state index contributed by atoms with van der Waals surface area (Å²) in [6.07, 6.45) is 8.20. The van der Waals surface area contributed by atoms with Gasteiger partial charge in [-0.2, -0.15) is 4.98 Å². The first-order chi connectivity index (χ1) is 17.2. The number of aromatic nitrogens is 2. The van der Waals surface area contributed by atoms with E-state index < -0.39 is 15.8 Å². The van der Waals surface area contributed by atoms with Gasteiger partial charge < -0.3 is 15.4 Å². The zero-order chi connectivity index (χ0) is 26.1. The van der Waals surface area contributed by atoms with Crippen molar-refractivity contribution < 1.29 is 23.5 Å². The molecule has 196 valence electrons. The van der Waals surface area contributed by atoms with Crippen LogP contribution in [0.5, 0.6) is 5.75 Å². The van der Waals surface area contributed by atoms with Crippen LogP contribution in [0, 0.1) is 4.91 Å². The lowest BCUT2D eigenvalue weighted by Crippen LogP contribution is -2.30. The second kappa shape index (κ2) is 13.2. The molecule has 36 heavy (non-hydrogen) atoms. The molecule has 1 aromatic carbocycles. The van der Waals surface area contributed by atoms with E-state index in [1.54, 1.807) is 6.20 Å².